The van der Waals surface area contributed by atoms with Gasteiger partial charge in [0.05, 0.1) is 30.6 Å². The number of hydrogen-bond donors (Lipinski definition) is 2. The van der Waals surface area contributed by atoms with Crippen LogP contribution >= 0.6 is 11.3 Å². The zero-order valence-corrected chi connectivity index (χ0v) is 9.91. The molecule has 0 amide bonds. The van der Waals surface area contributed by atoms with E-state index in [0.29, 0.717) is 21.4 Å². The first-order valence-electron chi connectivity index (χ1n) is 4.79. The maximum absolute atomic E-state index is 8.79. The van der Waals surface area contributed by atoms with Crippen molar-refractivity contribution in [2.24, 2.45) is 0 Å². The van der Waals surface area contributed by atoms with Gasteiger partial charge in [0.15, 0.2) is 5.13 Å². The highest BCUT2D eigenvalue weighted by Gasteiger charge is 2.06. The van der Waals surface area contributed by atoms with Gasteiger partial charge in [0.25, 0.3) is 0 Å². The monoisotopic (exact) mass is 246 g/mol. The van der Waals surface area contributed by atoms with E-state index in [0.717, 1.165) is 5.69 Å². The number of benzene rings is 1. The number of nitrogens with one attached hydrogen (secondary N) is 1. The number of aromatic nitrogens is 1. The van der Waals surface area contributed by atoms with E-state index >= 15 is 0 Å². The smallest absolute Gasteiger partial charge is 0.189 e. The zero-order chi connectivity index (χ0) is 12.3. The molecule has 2 rings (SSSR count). The van der Waals surface area contributed by atoms with Gasteiger partial charge in [-0.25, -0.2) is 4.98 Å². The Balaban J connectivity index is 2.30. The number of nitriles is 1. The van der Waals surface area contributed by atoms with Crippen molar-refractivity contribution in [2.75, 3.05) is 18.2 Å². The fourth-order valence-electron chi connectivity index (χ4n) is 1.32. The third-order valence-electron chi connectivity index (χ3n) is 2.10. The minimum Gasteiger partial charge on any atom is -0.495 e. The number of ether oxygens (including phenoxy) is 1. The SMILES string of the molecule is COc1cc(C#N)ccc1Nc1ncc(N)s1. The molecular formula is C11H10N4OS. The molecule has 0 spiro atoms. The van der Waals surface area contributed by atoms with Crippen molar-refractivity contribution in [1.29, 1.82) is 5.26 Å². The summed E-state index contributed by atoms with van der Waals surface area (Å²) >= 11 is 1.35. The number of anilines is 3. The van der Waals surface area contributed by atoms with Gasteiger partial charge in [-0.05, 0) is 12.1 Å². The largest absolute Gasteiger partial charge is 0.495 e. The van der Waals surface area contributed by atoms with Gasteiger partial charge in [-0.2, -0.15) is 5.26 Å². The zero-order valence-electron chi connectivity index (χ0n) is 9.10. The van der Waals surface area contributed by atoms with E-state index in [1.54, 1.807) is 31.5 Å². The molecule has 3 N–H and O–H groups in total. The molecular weight excluding hydrogens is 236 g/mol. The van der Waals surface area contributed by atoms with Crippen LogP contribution in [-0.2, 0) is 0 Å². The van der Waals surface area contributed by atoms with Gasteiger partial charge in [-0.15, -0.1) is 0 Å². The van der Waals surface area contributed by atoms with Crippen molar-refractivity contribution < 1.29 is 4.74 Å². The molecule has 0 atom stereocenters. The molecule has 0 bridgehead atoms. The van der Waals surface area contributed by atoms with E-state index < -0.39 is 0 Å². The van der Waals surface area contributed by atoms with Crippen LogP contribution in [0.5, 0.6) is 5.75 Å². The number of hydrogen-bond acceptors (Lipinski definition) is 6. The molecule has 0 aliphatic carbocycles. The Morgan fingerprint density at radius 3 is 2.94 bits per heavy atom. The van der Waals surface area contributed by atoms with Crippen LogP contribution in [0.2, 0.25) is 0 Å². The number of nitrogens with two attached hydrogens (primary N) is 1. The molecule has 0 radical (unpaired) electrons. The van der Waals surface area contributed by atoms with Crippen LogP contribution in [-0.4, -0.2) is 12.1 Å². The summed E-state index contributed by atoms with van der Waals surface area (Å²) in [4.78, 5) is 4.09. The Kier molecular flexibility index (Phi) is 3.12. The second-order valence-corrected chi connectivity index (χ2v) is 4.28. The molecule has 2 aromatic rings. The van der Waals surface area contributed by atoms with Crippen LogP contribution in [0.15, 0.2) is 24.4 Å². The van der Waals surface area contributed by atoms with Crippen LogP contribution in [0.25, 0.3) is 0 Å². The lowest BCUT2D eigenvalue weighted by atomic mass is 10.2. The lowest BCUT2D eigenvalue weighted by Gasteiger charge is -2.08. The number of methoxy groups -OCH3 is 1. The minimum atomic E-state index is 0.547. The highest BCUT2D eigenvalue weighted by atomic mass is 32.1. The van der Waals surface area contributed by atoms with Crippen LogP contribution in [0.4, 0.5) is 15.8 Å². The summed E-state index contributed by atoms with van der Waals surface area (Å²) in [6.45, 7) is 0. The lowest BCUT2D eigenvalue weighted by Crippen LogP contribution is -1.94. The number of nitrogens with zero attached hydrogens (tertiary/aromatic N) is 2. The van der Waals surface area contributed by atoms with Crippen molar-refractivity contribution in [3.63, 3.8) is 0 Å². The summed E-state index contributed by atoms with van der Waals surface area (Å²) in [7, 11) is 1.55. The Morgan fingerprint density at radius 1 is 1.53 bits per heavy atom. The highest BCUT2D eigenvalue weighted by Crippen LogP contribution is 2.30. The van der Waals surface area contributed by atoms with Crippen LogP contribution in [0.3, 0.4) is 0 Å². The number of rotatable bonds is 3. The minimum absolute atomic E-state index is 0.547. The quantitative estimate of drug-likeness (QED) is 0.868. The maximum Gasteiger partial charge on any atom is 0.189 e. The molecule has 86 valence electrons. The second-order valence-electron chi connectivity index (χ2n) is 3.22. The topological polar surface area (TPSA) is 84.0 Å². The van der Waals surface area contributed by atoms with E-state index in [1.807, 2.05) is 0 Å². The van der Waals surface area contributed by atoms with E-state index in [4.69, 9.17) is 15.7 Å². The van der Waals surface area contributed by atoms with Gasteiger partial charge in [0, 0.05) is 6.07 Å². The Labute approximate surface area is 102 Å². The average Bonchev–Trinajstić information content (AvgIpc) is 2.75. The van der Waals surface area contributed by atoms with Crippen molar-refractivity contribution in [3.05, 3.63) is 30.0 Å². The van der Waals surface area contributed by atoms with Gasteiger partial charge in [0.2, 0.25) is 0 Å². The molecule has 0 unspecified atom stereocenters. The van der Waals surface area contributed by atoms with Crippen LogP contribution in [0, 0.1) is 11.3 Å². The van der Waals surface area contributed by atoms with Gasteiger partial charge >= 0.3 is 0 Å². The van der Waals surface area contributed by atoms with Gasteiger partial charge in [-0.3, -0.25) is 0 Å². The summed E-state index contributed by atoms with van der Waals surface area (Å²) < 4.78 is 5.20. The Hall–Kier alpha value is -2.26. The molecule has 1 aromatic carbocycles. The van der Waals surface area contributed by atoms with Crippen molar-refractivity contribution in [1.82, 2.24) is 4.98 Å². The van der Waals surface area contributed by atoms with Gasteiger partial charge < -0.3 is 15.8 Å². The van der Waals surface area contributed by atoms with E-state index in [1.165, 1.54) is 11.3 Å². The first kappa shape index (κ1) is 11.2. The summed E-state index contributed by atoms with van der Waals surface area (Å²) in [6, 6.07) is 7.20. The molecule has 0 aliphatic heterocycles. The molecule has 1 aromatic heterocycles. The molecule has 0 saturated carbocycles. The van der Waals surface area contributed by atoms with E-state index in [9.17, 15) is 0 Å². The third kappa shape index (κ3) is 2.46. The molecule has 0 saturated heterocycles. The Morgan fingerprint density at radius 2 is 2.35 bits per heavy atom. The highest BCUT2D eigenvalue weighted by molar-refractivity contribution is 7.19. The number of nitrogen functional groups attached to an aromatic ring is 1. The molecule has 17 heavy (non-hydrogen) atoms. The predicted octanol–water partition coefficient (Wildman–Crippen LogP) is 2.35. The van der Waals surface area contributed by atoms with Crippen molar-refractivity contribution >= 4 is 27.2 Å². The second kappa shape index (κ2) is 4.72. The normalized spacial score (nSPS) is 9.65. The summed E-state index contributed by atoms with van der Waals surface area (Å²) in [5.74, 6) is 0.595. The molecule has 0 aliphatic rings. The first-order chi connectivity index (χ1) is 8.22. The molecule has 5 nitrogen and oxygen atoms in total. The lowest BCUT2D eigenvalue weighted by molar-refractivity contribution is 0.416. The van der Waals surface area contributed by atoms with Crippen molar-refractivity contribution in [3.8, 4) is 11.8 Å². The summed E-state index contributed by atoms with van der Waals surface area (Å²) in [6.07, 6.45) is 1.59. The summed E-state index contributed by atoms with van der Waals surface area (Å²) in [5, 5.41) is 13.2. The average molecular weight is 246 g/mol. The predicted molar refractivity (Wildman–Crippen MR) is 67.5 cm³/mol. The molecule has 0 fully saturated rings. The van der Waals surface area contributed by atoms with Gasteiger partial charge in [0.1, 0.15) is 10.8 Å². The van der Waals surface area contributed by atoms with Crippen LogP contribution in [0.1, 0.15) is 5.56 Å². The Bertz CT molecular complexity index is 573. The molecule has 6 heteroatoms. The summed E-state index contributed by atoms with van der Waals surface area (Å²) in [5.41, 5.74) is 6.89. The fourth-order valence-corrected chi connectivity index (χ4v) is 1.92. The van der Waals surface area contributed by atoms with E-state index in [2.05, 4.69) is 16.4 Å². The molecule has 1 heterocycles. The first-order valence-corrected chi connectivity index (χ1v) is 5.61. The van der Waals surface area contributed by atoms with Crippen molar-refractivity contribution in [2.45, 2.75) is 0 Å². The van der Waals surface area contributed by atoms with Crippen LogP contribution < -0.4 is 15.8 Å². The maximum atomic E-state index is 8.79. The standard InChI is InChI=1S/C11H10N4OS/c1-16-9-4-7(5-12)2-3-8(9)15-11-14-6-10(13)17-11/h2-4,6H,13H2,1H3,(H,14,15). The van der Waals surface area contributed by atoms with E-state index in [-0.39, 0.29) is 0 Å². The number of thiazole rings is 1. The van der Waals surface area contributed by atoms with Gasteiger partial charge in [-0.1, -0.05) is 11.3 Å². The third-order valence-corrected chi connectivity index (χ3v) is 2.84. The fraction of sp³-hybridized carbons (Fsp3) is 0.0909.